The van der Waals surface area contributed by atoms with E-state index in [1.165, 1.54) is 4.68 Å². The number of nitrogens with zero attached hydrogens (tertiary/aromatic N) is 2. The molecule has 2 aromatic heterocycles. The number of hydrogen-bond acceptors (Lipinski definition) is 3. The number of nitrogens with one attached hydrogen (secondary N) is 2. The lowest BCUT2D eigenvalue weighted by atomic mass is 10.2. The lowest BCUT2D eigenvalue weighted by Crippen LogP contribution is -2.34. The van der Waals surface area contributed by atoms with Crippen LogP contribution in [0.25, 0.3) is 29.4 Å². The predicted octanol–water partition coefficient (Wildman–Crippen LogP) is 2.74. The van der Waals surface area contributed by atoms with Crippen LogP contribution in [0.3, 0.4) is 0 Å². The maximum atomic E-state index is 12.7. The van der Waals surface area contributed by atoms with Crippen LogP contribution in [0.4, 0.5) is 5.69 Å². The van der Waals surface area contributed by atoms with Gasteiger partial charge in [-0.15, -0.1) is 0 Å². The molecule has 2 N–H and O–H groups in total. The summed E-state index contributed by atoms with van der Waals surface area (Å²) < 4.78 is 2.41. The molecular formula is C20H15BrN4O. The van der Waals surface area contributed by atoms with Crippen molar-refractivity contribution in [1.82, 2.24) is 14.8 Å². The van der Waals surface area contributed by atoms with Crippen LogP contribution in [0.15, 0.2) is 70.1 Å². The molecule has 4 aromatic rings. The smallest absolute Gasteiger partial charge is 0.280 e. The zero-order valence-electron chi connectivity index (χ0n) is 13.7. The van der Waals surface area contributed by atoms with Gasteiger partial charge in [-0.2, -0.15) is 0 Å². The summed E-state index contributed by atoms with van der Waals surface area (Å²) >= 11 is 3.51. The van der Waals surface area contributed by atoms with Gasteiger partial charge in [0.2, 0.25) is 0 Å². The lowest BCUT2D eigenvalue weighted by molar-refractivity contribution is 0.838. The summed E-state index contributed by atoms with van der Waals surface area (Å²) in [6, 6.07) is 17.2. The molecule has 26 heavy (non-hydrogen) atoms. The quantitative estimate of drug-likeness (QED) is 0.549. The second-order valence-corrected chi connectivity index (χ2v) is 6.71. The number of anilines is 1. The van der Waals surface area contributed by atoms with Gasteiger partial charge in [0.25, 0.3) is 5.56 Å². The monoisotopic (exact) mass is 406 g/mol. The molecule has 4 rings (SSSR count). The van der Waals surface area contributed by atoms with Gasteiger partial charge in [0.1, 0.15) is 0 Å². The van der Waals surface area contributed by atoms with Gasteiger partial charge in [0.15, 0.2) is 0 Å². The van der Waals surface area contributed by atoms with E-state index in [9.17, 15) is 4.79 Å². The molecule has 0 aliphatic carbocycles. The van der Waals surface area contributed by atoms with Gasteiger partial charge >= 0.3 is 0 Å². The van der Waals surface area contributed by atoms with Gasteiger partial charge in [-0.25, -0.2) is 4.68 Å². The Kier molecular flexibility index (Phi) is 4.18. The first-order valence-electron chi connectivity index (χ1n) is 8.00. The van der Waals surface area contributed by atoms with Crippen molar-refractivity contribution < 1.29 is 0 Å². The fourth-order valence-corrected chi connectivity index (χ4v) is 3.29. The van der Waals surface area contributed by atoms with Crippen molar-refractivity contribution in [1.29, 1.82) is 0 Å². The fourth-order valence-electron chi connectivity index (χ4n) is 2.82. The van der Waals surface area contributed by atoms with E-state index in [0.29, 0.717) is 10.6 Å². The summed E-state index contributed by atoms with van der Waals surface area (Å²) in [5.41, 5.74) is 2.23. The molecule has 0 bridgehead atoms. The number of aromatic amines is 1. The SMILES string of the molecule is C=c1[nH]n(-c2ccccc2)c(=O)c1=CNc1cc(Br)cc2cccnc12. The van der Waals surface area contributed by atoms with Crippen LogP contribution in [-0.2, 0) is 0 Å². The maximum absolute atomic E-state index is 12.7. The van der Waals surface area contributed by atoms with Gasteiger partial charge in [-0.3, -0.25) is 14.9 Å². The normalized spacial score (nSPS) is 11.8. The highest BCUT2D eigenvalue weighted by Crippen LogP contribution is 2.26. The summed E-state index contributed by atoms with van der Waals surface area (Å²) in [4.78, 5) is 17.2. The first-order chi connectivity index (χ1) is 12.6. The minimum absolute atomic E-state index is 0.166. The standard InChI is InChI=1S/C20H15BrN4O/c1-13-17(20(26)25(24-13)16-7-3-2-4-8-16)12-23-18-11-15(21)10-14-6-5-9-22-19(14)18/h2-12,23-24H,1H2. The molecule has 0 unspecified atom stereocenters. The number of hydrogen-bond donors (Lipinski definition) is 2. The third-order valence-corrected chi connectivity index (χ3v) is 4.52. The molecule has 0 fully saturated rings. The van der Waals surface area contributed by atoms with Gasteiger partial charge in [0.05, 0.1) is 27.5 Å². The average Bonchev–Trinajstić information content (AvgIpc) is 2.94. The Hall–Kier alpha value is -3.12. The molecular weight excluding hydrogens is 392 g/mol. The van der Waals surface area contributed by atoms with Crippen molar-refractivity contribution >= 4 is 45.3 Å². The van der Waals surface area contributed by atoms with E-state index in [2.05, 4.69) is 37.9 Å². The van der Waals surface area contributed by atoms with Crippen molar-refractivity contribution in [3.05, 3.63) is 86.2 Å². The van der Waals surface area contributed by atoms with Crippen molar-refractivity contribution in [3.63, 3.8) is 0 Å². The zero-order valence-corrected chi connectivity index (χ0v) is 15.3. The summed E-state index contributed by atoms with van der Waals surface area (Å²) in [6.45, 7) is 3.95. The fraction of sp³-hybridized carbons (Fsp3) is 0. The molecule has 0 amide bonds. The van der Waals surface area contributed by atoms with Crippen LogP contribution in [0, 0.1) is 0 Å². The van der Waals surface area contributed by atoms with Crippen molar-refractivity contribution in [2.75, 3.05) is 5.32 Å². The van der Waals surface area contributed by atoms with Gasteiger partial charge < -0.3 is 5.32 Å². The summed E-state index contributed by atoms with van der Waals surface area (Å²) in [5, 5.41) is 8.23. The van der Waals surface area contributed by atoms with Crippen molar-refractivity contribution in [2.45, 2.75) is 0 Å². The molecule has 128 valence electrons. The summed E-state index contributed by atoms with van der Waals surface area (Å²) in [7, 11) is 0. The highest BCUT2D eigenvalue weighted by Gasteiger charge is 2.06. The van der Waals surface area contributed by atoms with E-state index in [1.54, 1.807) is 12.4 Å². The maximum Gasteiger partial charge on any atom is 0.280 e. The number of halogens is 1. The Labute approximate surface area is 157 Å². The molecule has 6 heteroatoms. The molecule has 2 heterocycles. The molecule has 0 saturated heterocycles. The molecule has 0 atom stereocenters. The van der Waals surface area contributed by atoms with Crippen molar-refractivity contribution in [2.24, 2.45) is 0 Å². The topological polar surface area (TPSA) is 62.7 Å². The first kappa shape index (κ1) is 16.4. The van der Waals surface area contributed by atoms with E-state index in [0.717, 1.165) is 26.8 Å². The molecule has 0 spiro atoms. The zero-order chi connectivity index (χ0) is 18.1. The Balaban J connectivity index is 1.81. The molecule has 0 radical (unpaired) electrons. The Bertz CT molecular complexity index is 1260. The number of fused-ring (bicyclic) bond motifs is 1. The van der Waals surface area contributed by atoms with Gasteiger partial charge in [-0.1, -0.05) is 46.8 Å². The Morgan fingerprint density at radius 2 is 1.96 bits per heavy atom. The van der Waals surface area contributed by atoms with Gasteiger partial charge in [-0.05, 0) is 30.3 Å². The Morgan fingerprint density at radius 3 is 2.77 bits per heavy atom. The molecule has 0 saturated carbocycles. The van der Waals surface area contributed by atoms with Crippen LogP contribution in [0.5, 0.6) is 0 Å². The Morgan fingerprint density at radius 1 is 1.15 bits per heavy atom. The van der Waals surface area contributed by atoms with Crippen LogP contribution >= 0.6 is 15.9 Å². The van der Waals surface area contributed by atoms with Crippen LogP contribution < -0.4 is 21.4 Å². The number of para-hydroxylation sites is 1. The predicted molar refractivity (Wildman–Crippen MR) is 109 cm³/mol. The number of pyridine rings is 1. The van der Waals surface area contributed by atoms with Crippen LogP contribution in [0.2, 0.25) is 0 Å². The molecule has 5 nitrogen and oxygen atoms in total. The van der Waals surface area contributed by atoms with Crippen molar-refractivity contribution in [3.8, 4) is 5.69 Å². The molecule has 0 aliphatic rings. The van der Waals surface area contributed by atoms with Crippen LogP contribution in [0.1, 0.15) is 0 Å². The third kappa shape index (κ3) is 2.95. The summed E-state index contributed by atoms with van der Waals surface area (Å²) in [6.07, 6.45) is 3.41. The lowest BCUT2D eigenvalue weighted by Gasteiger charge is -2.06. The number of rotatable bonds is 3. The number of aromatic nitrogens is 3. The summed E-state index contributed by atoms with van der Waals surface area (Å²) in [5.74, 6) is 0. The van der Waals surface area contributed by atoms with E-state index in [4.69, 9.17) is 0 Å². The molecule has 2 aromatic carbocycles. The number of H-pyrrole nitrogens is 1. The highest BCUT2D eigenvalue weighted by molar-refractivity contribution is 9.10. The van der Waals surface area contributed by atoms with E-state index < -0.39 is 0 Å². The van der Waals surface area contributed by atoms with Crippen LogP contribution in [-0.4, -0.2) is 14.8 Å². The minimum Gasteiger partial charge on any atom is -0.359 e. The van der Waals surface area contributed by atoms with E-state index in [-0.39, 0.29) is 5.56 Å². The van der Waals surface area contributed by atoms with E-state index >= 15 is 0 Å². The minimum atomic E-state index is -0.166. The molecule has 0 aliphatic heterocycles. The van der Waals surface area contributed by atoms with E-state index in [1.807, 2.05) is 54.6 Å². The second-order valence-electron chi connectivity index (χ2n) is 5.80. The van der Waals surface area contributed by atoms with Gasteiger partial charge in [0, 0.05) is 22.3 Å². The highest BCUT2D eigenvalue weighted by atomic mass is 79.9. The third-order valence-electron chi connectivity index (χ3n) is 4.06. The average molecular weight is 407 g/mol. The largest absolute Gasteiger partial charge is 0.359 e. The first-order valence-corrected chi connectivity index (χ1v) is 8.79. The number of benzene rings is 2. The second kappa shape index (κ2) is 6.65.